The molecule has 1 aromatic heterocycles. The van der Waals surface area contributed by atoms with Gasteiger partial charge in [-0.15, -0.1) is 11.3 Å². The smallest absolute Gasteiger partial charge is 0.270 e. The fraction of sp³-hybridized carbons (Fsp3) is 0. The Balaban J connectivity index is 1.41. The molecule has 0 amide bonds. The van der Waals surface area contributed by atoms with Crippen LogP contribution in [0.4, 0.5) is 22.7 Å². The maximum absolute atomic E-state index is 11.0. The maximum atomic E-state index is 11.0. The number of anilines is 3. The van der Waals surface area contributed by atoms with E-state index in [4.69, 9.17) is 0 Å². The molecule has 0 aliphatic carbocycles. The van der Waals surface area contributed by atoms with E-state index in [0.29, 0.717) is 0 Å². The molecule has 0 spiro atoms. The minimum atomic E-state index is -0.385. The van der Waals surface area contributed by atoms with Crippen molar-refractivity contribution in [2.45, 2.75) is 0 Å². The number of thiazole rings is 1. The van der Waals surface area contributed by atoms with Crippen molar-refractivity contribution >= 4 is 56.5 Å². The van der Waals surface area contributed by atoms with Crippen LogP contribution in [0.1, 0.15) is 10.6 Å². The molecule has 0 saturated heterocycles. The summed E-state index contributed by atoms with van der Waals surface area (Å²) in [4.78, 5) is 17.4. The van der Waals surface area contributed by atoms with E-state index in [1.54, 1.807) is 12.1 Å². The van der Waals surface area contributed by atoms with Crippen molar-refractivity contribution in [2.75, 3.05) is 4.90 Å². The lowest BCUT2D eigenvalue weighted by Gasteiger charge is -2.25. The average molecular weight is 450 g/mol. The van der Waals surface area contributed by atoms with E-state index < -0.39 is 0 Å². The number of hydrogen-bond donors (Lipinski definition) is 0. The number of rotatable bonds is 6. The number of nitrogens with zero attached hydrogens (tertiary/aromatic N) is 3. The van der Waals surface area contributed by atoms with Gasteiger partial charge in [0.15, 0.2) is 0 Å². The number of para-hydroxylation sites is 2. The standard InChI is InChI=1S/C27H19N3O2S/c31-30(32)24-16-17-25-26(19-24)33-27(28-25)18-13-20-11-14-23(15-12-20)29(21-7-3-1-4-8-21)22-9-5-2-6-10-22/h1-19H. The van der Waals surface area contributed by atoms with E-state index in [9.17, 15) is 10.1 Å². The topological polar surface area (TPSA) is 59.3 Å². The molecule has 0 unspecified atom stereocenters. The third kappa shape index (κ3) is 4.51. The van der Waals surface area contributed by atoms with Crippen LogP contribution in [0, 0.1) is 10.1 Å². The molecule has 4 aromatic carbocycles. The highest BCUT2D eigenvalue weighted by Gasteiger charge is 2.12. The van der Waals surface area contributed by atoms with Crippen molar-refractivity contribution in [1.82, 2.24) is 4.98 Å². The molecule has 5 nitrogen and oxygen atoms in total. The number of nitro groups is 1. The summed E-state index contributed by atoms with van der Waals surface area (Å²) >= 11 is 1.44. The fourth-order valence-electron chi connectivity index (χ4n) is 3.62. The summed E-state index contributed by atoms with van der Waals surface area (Å²) in [7, 11) is 0. The van der Waals surface area contributed by atoms with Gasteiger partial charge in [-0.2, -0.15) is 0 Å². The molecule has 0 N–H and O–H groups in total. The molecule has 0 fully saturated rings. The molecule has 1 heterocycles. The summed E-state index contributed by atoms with van der Waals surface area (Å²) in [5, 5.41) is 11.8. The molecule has 6 heteroatoms. The number of hydrogen-bond acceptors (Lipinski definition) is 5. The van der Waals surface area contributed by atoms with Crippen LogP contribution in [0.15, 0.2) is 103 Å². The molecule has 0 aliphatic heterocycles. The van der Waals surface area contributed by atoms with Crippen LogP contribution in [0.3, 0.4) is 0 Å². The molecule has 0 aliphatic rings. The second-order valence-electron chi connectivity index (χ2n) is 7.39. The van der Waals surface area contributed by atoms with Gasteiger partial charge in [0.25, 0.3) is 5.69 Å². The summed E-state index contributed by atoms with van der Waals surface area (Å²) < 4.78 is 0.806. The third-order valence-corrected chi connectivity index (χ3v) is 6.18. The molecule has 0 bridgehead atoms. The van der Waals surface area contributed by atoms with Crippen molar-refractivity contribution in [3.63, 3.8) is 0 Å². The lowest BCUT2D eigenvalue weighted by Crippen LogP contribution is -2.09. The Hall–Kier alpha value is -4.29. The Kier molecular flexibility index (Phi) is 5.66. The van der Waals surface area contributed by atoms with E-state index in [0.717, 1.165) is 37.8 Å². The van der Waals surface area contributed by atoms with Crippen LogP contribution >= 0.6 is 11.3 Å². The van der Waals surface area contributed by atoms with Crippen LogP contribution in [-0.4, -0.2) is 9.91 Å². The normalized spacial score (nSPS) is 11.2. The van der Waals surface area contributed by atoms with Gasteiger partial charge in [0.05, 0.1) is 15.1 Å². The summed E-state index contributed by atoms with van der Waals surface area (Å²) in [6.07, 6.45) is 3.95. The first kappa shape index (κ1) is 20.6. The molecule has 0 radical (unpaired) electrons. The molecule has 0 saturated carbocycles. The summed E-state index contributed by atoms with van der Waals surface area (Å²) in [5.41, 5.74) is 5.15. The van der Waals surface area contributed by atoms with Gasteiger partial charge in [0.1, 0.15) is 5.01 Å². The summed E-state index contributed by atoms with van der Waals surface area (Å²) in [6, 6.07) is 33.6. The van der Waals surface area contributed by atoms with Crippen LogP contribution in [-0.2, 0) is 0 Å². The van der Waals surface area contributed by atoms with Crippen molar-refractivity contribution in [3.05, 3.63) is 124 Å². The van der Waals surface area contributed by atoms with Gasteiger partial charge in [0, 0.05) is 29.2 Å². The molecule has 5 aromatic rings. The quantitative estimate of drug-likeness (QED) is 0.196. The Morgan fingerprint density at radius 1 is 0.758 bits per heavy atom. The number of aromatic nitrogens is 1. The van der Waals surface area contributed by atoms with Crippen LogP contribution < -0.4 is 4.90 Å². The van der Waals surface area contributed by atoms with E-state index in [1.807, 2.05) is 48.6 Å². The van der Waals surface area contributed by atoms with Gasteiger partial charge in [-0.25, -0.2) is 4.98 Å². The van der Waals surface area contributed by atoms with E-state index in [2.05, 4.69) is 58.4 Å². The number of nitro benzene ring substituents is 1. The summed E-state index contributed by atoms with van der Waals surface area (Å²) in [6.45, 7) is 0. The molecule has 5 rings (SSSR count). The SMILES string of the molecule is O=[N+]([O-])c1ccc2nc(C=Cc3ccc(N(c4ccccc4)c4ccccc4)cc3)sc2c1. The van der Waals surface area contributed by atoms with Crippen molar-refractivity contribution in [1.29, 1.82) is 0 Å². The first-order valence-corrected chi connectivity index (χ1v) is 11.2. The lowest BCUT2D eigenvalue weighted by molar-refractivity contribution is -0.384. The van der Waals surface area contributed by atoms with E-state index in [-0.39, 0.29) is 10.6 Å². The zero-order chi connectivity index (χ0) is 22.6. The predicted molar refractivity (Wildman–Crippen MR) is 136 cm³/mol. The van der Waals surface area contributed by atoms with Gasteiger partial charge in [-0.1, -0.05) is 54.6 Å². The minimum absolute atomic E-state index is 0.0821. The van der Waals surface area contributed by atoms with Crippen LogP contribution in [0.2, 0.25) is 0 Å². The highest BCUT2D eigenvalue weighted by molar-refractivity contribution is 7.19. The van der Waals surface area contributed by atoms with Crippen LogP contribution in [0.25, 0.3) is 22.4 Å². The Labute approximate surface area is 195 Å². The van der Waals surface area contributed by atoms with Gasteiger partial charge < -0.3 is 4.90 Å². The second kappa shape index (κ2) is 9.06. The molecule has 160 valence electrons. The largest absolute Gasteiger partial charge is 0.311 e. The number of benzene rings is 4. The van der Waals surface area contributed by atoms with Crippen LogP contribution in [0.5, 0.6) is 0 Å². The zero-order valence-electron chi connectivity index (χ0n) is 17.5. The Morgan fingerprint density at radius 2 is 1.36 bits per heavy atom. The fourth-order valence-corrected chi connectivity index (χ4v) is 4.52. The van der Waals surface area contributed by atoms with Crippen molar-refractivity contribution in [3.8, 4) is 0 Å². The Morgan fingerprint density at radius 3 is 1.97 bits per heavy atom. The van der Waals surface area contributed by atoms with Gasteiger partial charge >= 0.3 is 0 Å². The molecule has 0 atom stereocenters. The molecule has 33 heavy (non-hydrogen) atoms. The van der Waals surface area contributed by atoms with E-state index >= 15 is 0 Å². The zero-order valence-corrected chi connectivity index (χ0v) is 18.4. The second-order valence-corrected chi connectivity index (χ2v) is 8.45. The van der Waals surface area contributed by atoms with Crippen molar-refractivity contribution in [2.24, 2.45) is 0 Å². The summed E-state index contributed by atoms with van der Waals surface area (Å²) in [5.74, 6) is 0. The number of non-ortho nitro benzene ring substituents is 1. The predicted octanol–water partition coefficient (Wildman–Crippen LogP) is 7.84. The number of fused-ring (bicyclic) bond motifs is 1. The highest BCUT2D eigenvalue weighted by atomic mass is 32.1. The van der Waals surface area contributed by atoms with Gasteiger partial charge in [-0.05, 0) is 54.1 Å². The first-order valence-electron chi connectivity index (χ1n) is 10.4. The van der Waals surface area contributed by atoms with Gasteiger partial charge in [-0.3, -0.25) is 10.1 Å². The van der Waals surface area contributed by atoms with Gasteiger partial charge in [0.2, 0.25) is 0 Å². The minimum Gasteiger partial charge on any atom is -0.311 e. The van der Waals surface area contributed by atoms with Crippen molar-refractivity contribution < 1.29 is 4.92 Å². The highest BCUT2D eigenvalue weighted by Crippen LogP contribution is 2.34. The average Bonchev–Trinajstić information content (AvgIpc) is 3.27. The molecular weight excluding hydrogens is 430 g/mol. The lowest BCUT2D eigenvalue weighted by atomic mass is 10.1. The van der Waals surface area contributed by atoms with E-state index in [1.165, 1.54) is 17.4 Å². The Bertz CT molecular complexity index is 1390. The molecular formula is C27H19N3O2S. The third-order valence-electron chi connectivity index (χ3n) is 5.20. The monoisotopic (exact) mass is 449 g/mol. The first-order chi connectivity index (χ1) is 16.2. The maximum Gasteiger partial charge on any atom is 0.270 e.